The Morgan fingerprint density at radius 3 is 2.76 bits per heavy atom. The van der Waals surface area contributed by atoms with Gasteiger partial charge < -0.3 is 4.74 Å². The summed E-state index contributed by atoms with van der Waals surface area (Å²) < 4.78 is 7.72. The van der Waals surface area contributed by atoms with Crippen LogP contribution in [0.25, 0.3) is 0 Å². The highest BCUT2D eigenvalue weighted by Crippen LogP contribution is 2.19. The molecule has 0 unspecified atom stereocenters. The van der Waals surface area contributed by atoms with Crippen molar-refractivity contribution >= 4 is 5.78 Å². The summed E-state index contributed by atoms with van der Waals surface area (Å²) in [6, 6.07) is 2.09. The number of hydrogen-bond acceptors (Lipinski definition) is 3. The van der Waals surface area contributed by atoms with Crippen LogP contribution in [-0.2, 0) is 29.6 Å². The lowest BCUT2D eigenvalue weighted by molar-refractivity contribution is -0.123. The normalized spacial score (nSPS) is 17.6. The average molecular weight is 236 g/mol. The van der Waals surface area contributed by atoms with Crippen molar-refractivity contribution in [2.75, 3.05) is 0 Å². The van der Waals surface area contributed by atoms with E-state index in [-0.39, 0.29) is 6.10 Å². The van der Waals surface area contributed by atoms with E-state index in [0.717, 1.165) is 30.7 Å². The zero-order valence-corrected chi connectivity index (χ0v) is 10.6. The van der Waals surface area contributed by atoms with Crippen LogP contribution in [0.1, 0.15) is 44.0 Å². The largest absolute Gasteiger partial charge is 0.372 e. The van der Waals surface area contributed by atoms with E-state index < -0.39 is 0 Å². The molecule has 0 bridgehead atoms. The van der Waals surface area contributed by atoms with Gasteiger partial charge in [-0.25, -0.2) is 0 Å². The fraction of sp³-hybridized carbons (Fsp3) is 0.692. The summed E-state index contributed by atoms with van der Waals surface area (Å²) in [5, 5.41) is 4.39. The number of hydrogen-bond donors (Lipinski definition) is 0. The summed E-state index contributed by atoms with van der Waals surface area (Å²) in [4.78, 5) is 11.1. The topological polar surface area (TPSA) is 44.1 Å². The third-order valence-corrected chi connectivity index (χ3v) is 3.35. The summed E-state index contributed by atoms with van der Waals surface area (Å²) >= 11 is 0. The maximum atomic E-state index is 11.1. The van der Waals surface area contributed by atoms with Crippen molar-refractivity contribution < 1.29 is 9.53 Å². The van der Waals surface area contributed by atoms with Crippen LogP contribution < -0.4 is 0 Å². The molecule has 0 aliphatic heterocycles. The van der Waals surface area contributed by atoms with Crippen molar-refractivity contribution in [3.8, 4) is 0 Å². The highest BCUT2D eigenvalue weighted by molar-refractivity contribution is 5.79. The number of nitrogens with zero attached hydrogens (tertiary/aromatic N) is 2. The first kappa shape index (κ1) is 12.3. The number of carbonyl (C=O) groups excluding carboxylic acids is 1. The van der Waals surface area contributed by atoms with Gasteiger partial charge in [-0.2, -0.15) is 5.10 Å². The molecule has 0 saturated heterocycles. The summed E-state index contributed by atoms with van der Waals surface area (Å²) in [7, 11) is 1.95. The van der Waals surface area contributed by atoms with Gasteiger partial charge in [0.15, 0.2) is 0 Å². The first-order valence-electron chi connectivity index (χ1n) is 6.34. The minimum atomic E-state index is 0.243. The Morgan fingerprint density at radius 1 is 1.47 bits per heavy atom. The predicted octanol–water partition coefficient (Wildman–Crippen LogP) is 2.01. The van der Waals surface area contributed by atoms with Crippen LogP contribution >= 0.6 is 0 Å². The number of ketones is 1. The summed E-state index contributed by atoms with van der Waals surface area (Å²) in [5.41, 5.74) is 2.21. The van der Waals surface area contributed by atoms with Crippen LogP contribution in [0.2, 0.25) is 0 Å². The number of aromatic nitrogens is 2. The highest BCUT2D eigenvalue weighted by Gasteiger charge is 2.19. The molecule has 94 valence electrons. The molecule has 2 rings (SSSR count). The number of Topliss-reactive ketones (excluding diaryl/α,β-unsaturated/α-hetero) is 1. The van der Waals surface area contributed by atoms with Gasteiger partial charge in [0.2, 0.25) is 0 Å². The van der Waals surface area contributed by atoms with E-state index in [2.05, 4.69) is 18.1 Å². The third-order valence-electron chi connectivity index (χ3n) is 3.35. The van der Waals surface area contributed by atoms with Gasteiger partial charge in [-0.05, 0) is 25.3 Å². The molecule has 0 N–H and O–H groups in total. The molecule has 17 heavy (non-hydrogen) atoms. The minimum Gasteiger partial charge on any atom is -0.372 e. The Bertz CT molecular complexity index is 388. The lowest BCUT2D eigenvalue weighted by Gasteiger charge is -2.21. The number of rotatable bonds is 4. The predicted molar refractivity (Wildman–Crippen MR) is 64.6 cm³/mol. The molecule has 1 aliphatic carbocycles. The molecule has 4 nitrogen and oxygen atoms in total. The molecule has 0 radical (unpaired) electrons. The molecular weight excluding hydrogens is 216 g/mol. The first-order chi connectivity index (χ1) is 8.19. The van der Waals surface area contributed by atoms with E-state index in [1.54, 1.807) is 0 Å². The van der Waals surface area contributed by atoms with Crippen molar-refractivity contribution in [1.29, 1.82) is 0 Å². The first-order valence-corrected chi connectivity index (χ1v) is 6.34. The van der Waals surface area contributed by atoms with Gasteiger partial charge in [0.05, 0.1) is 24.1 Å². The van der Waals surface area contributed by atoms with E-state index in [9.17, 15) is 4.79 Å². The van der Waals surface area contributed by atoms with E-state index in [1.165, 1.54) is 0 Å². The van der Waals surface area contributed by atoms with Gasteiger partial charge in [0.25, 0.3) is 0 Å². The van der Waals surface area contributed by atoms with Gasteiger partial charge in [-0.1, -0.05) is 6.92 Å². The van der Waals surface area contributed by atoms with E-state index in [1.807, 2.05) is 11.7 Å². The Labute approximate surface area is 102 Å². The number of ether oxygens (including phenoxy) is 1. The number of aryl methyl sites for hydroxylation is 2. The molecule has 1 fully saturated rings. The molecule has 1 aliphatic rings. The molecule has 0 aromatic carbocycles. The van der Waals surface area contributed by atoms with Crippen LogP contribution in [0.3, 0.4) is 0 Å². The molecule has 0 amide bonds. The van der Waals surface area contributed by atoms with Gasteiger partial charge in [0, 0.05) is 19.9 Å². The lowest BCUT2D eigenvalue weighted by atomic mass is 9.96. The van der Waals surface area contributed by atoms with Crippen molar-refractivity contribution in [2.24, 2.45) is 7.05 Å². The molecule has 1 saturated carbocycles. The molecule has 0 atom stereocenters. The highest BCUT2D eigenvalue weighted by atomic mass is 16.5. The quantitative estimate of drug-likeness (QED) is 0.803. The summed E-state index contributed by atoms with van der Waals surface area (Å²) in [6.45, 7) is 2.70. The van der Waals surface area contributed by atoms with E-state index >= 15 is 0 Å². The second kappa shape index (κ2) is 5.45. The Morgan fingerprint density at radius 2 is 2.18 bits per heavy atom. The van der Waals surface area contributed by atoms with Crippen molar-refractivity contribution in [3.05, 3.63) is 17.5 Å². The van der Waals surface area contributed by atoms with Gasteiger partial charge >= 0.3 is 0 Å². The maximum absolute atomic E-state index is 11.1. The van der Waals surface area contributed by atoms with Crippen LogP contribution in [-0.4, -0.2) is 21.7 Å². The molecule has 1 aromatic rings. The molecule has 0 spiro atoms. The molecule has 4 heteroatoms. The van der Waals surface area contributed by atoms with Gasteiger partial charge in [0.1, 0.15) is 5.78 Å². The second-order valence-electron chi connectivity index (χ2n) is 4.65. The zero-order chi connectivity index (χ0) is 12.3. The minimum absolute atomic E-state index is 0.243. The fourth-order valence-electron chi connectivity index (χ4n) is 2.16. The van der Waals surface area contributed by atoms with Crippen LogP contribution in [0.4, 0.5) is 0 Å². The molecule has 1 heterocycles. The van der Waals surface area contributed by atoms with Crippen LogP contribution in [0, 0.1) is 0 Å². The third kappa shape index (κ3) is 3.16. The fourth-order valence-corrected chi connectivity index (χ4v) is 2.16. The standard InChI is InChI=1S/C13H20N2O2/c1-3-10-8-11(15(2)14-10)9-17-13-6-4-12(16)5-7-13/h8,13H,3-7,9H2,1-2H3. The molecule has 1 aromatic heterocycles. The Kier molecular flexibility index (Phi) is 3.94. The summed E-state index contributed by atoms with van der Waals surface area (Å²) in [6.07, 6.45) is 4.29. The van der Waals surface area contributed by atoms with Crippen molar-refractivity contribution in [1.82, 2.24) is 9.78 Å². The van der Waals surface area contributed by atoms with Gasteiger partial charge in [-0.3, -0.25) is 9.48 Å². The summed E-state index contributed by atoms with van der Waals surface area (Å²) in [5.74, 6) is 0.374. The Balaban J connectivity index is 1.84. The van der Waals surface area contributed by atoms with Crippen LogP contribution in [0.5, 0.6) is 0 Å². The van der Waals surface area contributed by atoms with E-state index in [0.29, 0.717) is 25.2 Å². The Hall–Kier alpha value is -1.16. The van der Waals surface area contributed by atoms with Crippen molar-refractivity contribution in [2.45, 2.75) is 51.7 Å². The second-order valence-corrected chi connectivity index (χ2v) is 4.65. The number of carbonyl (C=O) groups is 1. The van der Waals surface area contributed by atoms with Gasteiger partial charge in [-0.15, -0.1) is 0 Å². The molecular formula is C13H20N2O2. The van der Waals surface area contributed by atoms with Crippen LogP contribution in [0.15, 0.2) is 6.07 Å². The smallest absolute Gasteiger partial charge is 0.133 e. The SMILES string of the molecule is CCc1cc(COC2CCC(=O)CC2)n(C)n1. The monoisotopic (exact) mass is 236 g/mol. The zero-order valence-electron chi connectivity index (χ0n) is 10.6. The maximum Gasteiger partial charge on any atom is 0.133 e. The lowest BCUT2D eigenvalue weighted by Crippen LogP contribution is -2.21. The van der Waals surface area contributed by atoms with E-state index in [4.69, 9.17) is 4.74 Å². The van der Waals surface area contributed by atoms with Crippen molar-refractivity contribution in [3.63, 3.8) is 0 Å². The average Bonchev–Trinajstić information content (AvgIpc) is 2.69.